The molecule has 0 saturated heterocycles. The van der Waals surface area contributed by atoms with Gasteiger partial charge < -0.3 is 0 Å². The summed E-state index contributed by atoms with van der Waals surface area (Å²) in [5.41, 5.74) is -0.178. The standard InChI is InChI=1S/C8H6N4O4S/c13-12(14)7-1-3-8(4-2-7)17(15,16)11-6-5-9-10-11/h1-6H. The van der Waals surface area contributed by atoms with Crippen LogP contribution >= 0.6 is 0 Å². The van der Waals surface area contributed by atoms with Crippen molar-refractivity contribution in [3.63, 3.8) is 0 Å². The van der Waals surface area contributed by atoms with Gasteiger partial charge in [-0.15, -0.1) is 9.19 Å². The van der Waals surface area contributed by atoms with Crippen molar-refractivity contribution in [2.45, 2.75) is 4.90 Å². The second-order valence-electron chi connectivity index (χ2n) is 3.03. The summed E-state index contributed by atoms with van der Waals surface area (Å²) in [5, 5.41) is 17.2. The first-order chi connectivity index (χ1) is 8.01. The van der Waals surface area contributed by atoms with E-state index in [2.05, 4.69) is 10.3 Å². The maximum Gasteiger partial charge on any atom is 0.284 e. The first kappa shape index (κ1) is 11.2. The van der Waals surface area contributed by atoms with E-state index in [1.54, 1.807) is 0 Å². The first-order valence-electron chi connectivity index (χ1n) is 4.38. The van der Waals surface area contributed by atoms with Crippen molar-refractivity contribution in [3.05, 3.63) is 46.8 Å². The molecule has 0 radical (unpaired) electrons. The zero-order valence-corrected chi connectivity index (χ0v) is 9.11. The van der Waals surface area contributed by atoms with E-state index in [4.69, 9.17) is 0 Å². The van der Waals surface area contributed by atoms with Crippen LogP contribution in [0.2, 0.25) is 0 Å². The molecule has 8 nitrogen and oxygen atoms in total. The minimum absolute atomic E-state index is 0.0893. The molecule has 1 aromatic heterocycles. The summed E-state index contributed by atoms with van der Waals surface area (Å²) in [4.78, 5) is 9.72. The molecule has 0 unspecified atom stereocenters. The van der Waals surface area contributed by atoms with Crippen molar-refractivity contribution in [3.8, 4) is 0 Å². The number of hydrogen-bond acceptors (Lipinski definition) is 6. The van der Waals surface area contributed by atoms with Gasteiger partial charge in [0.15, 0.2) is 0 Å². The quantitative estimate of drug-likeness (QED) is 0.580. The monoisotopic (exact) mass is 254 g/mol. The average Bonchev–Trinajstić information content (AvgIpc) is 2.83. The highest BCUT2D eigenvalue weighted by Crippen LogP contribution is 2.17. The molecule has 0 fully saturated rings. The lowest BCUT2D eigenvalue weighted by Crippen LogP contribution is -2.13. The van der Waals surface area contributed by atoms with Crippen LogP contribution in [0, 0.1) is 10.1 Å². The van der Waals surface area contributed by atoms with Crippen LogP contribution in [0.1, 0.15) is 0 Å². The minimum atomic E-state index is -3.82. The number of rotatable bonds is 3. The molecule has 0 bridgehead atoms. The highest BCUT2D eigenvalue weighted by molar-refractivity contribution is 7.89. The van der Waals surface area contributed by atoms with E-state index in [9.17, 15) is 18.5 Å². The van der Waals surface area contributed by atoms with E-state index in [-0.39, 0.29) is 10.6 Å². The van der Waals surface area contributed by atoms with Gasteiger partial charge in [0.25, 0.3) is 15.7 Å². The number of nitro benzene ring substituents is 1. The van der Waals surface area contributed by atoms with Crippen LogP contribution in [-0.4, -0.2) is 27.7 Å². The van der Waals surface area contributed by atoms with Crippen LogP contribution in [0.3, 0.4) is 0 Å². The third-order valence-electron chi connectivity index (χ3n) is 1.99. The Morgan fingerprint density at radius 2 is 1.88 bits per heavy atom. The zero-order valence-electron chi connectivity index (χ0n) is 8.29. The third-order valence-corrected chi connectivity index (χ3v) is 3.55. The van der Waals surface area contributed by atoms with Gasteiger partial charge >= 0.3 is 0 Å². The van der Waals surface area contributed by atoms with Crippen molar-refractivity contribution < 1.29 is 13.3 Å². The van der Waals surface area contributed by atoms with Gasteiger partial charge in [-0.05, 0) is 12.1 Å². The average molecular weight is 254 g/mol. The molecule has 0 aliphatic carbocycles. The molecule has 0 amide bonds. The van der Waals surface area contributed by atoms with Crippen molar-refractivity contribution in [2.24, 2.45) is 0 Å². The van der Waals surface area contributed by atoms with E-state index in [0.29, 0.717) is 4.09 Å². The van der Waals surface area contributed by atoms with E-state index in [1.807, 2.05) is 0 Å². The molecule has 0 spiro atoms. The van der Waals surface area contributed by atoms with Gasteiger partial charge in [-0.2, -0.15) is 8.42 Å². The van der Waals surface area contributed by atoms with Crippen LogP contribution in [-0.2, 0) is 10.0 Å². The Morgan fingerprint density at radius 1 is 1.24 bits per heavy atom. The molecule has 0 atom stereocenters. The highest BCUT2D eigenvalue weighted by atomic mass is 32.2. The first-order valence-corrected chi connectivity index (χ1v) is 5.82. The van der Waals surface area contributed by atoms with Crippen molar-refractivity contribution in [2.75, 3.05) is 0 Å². The SMILES string of the molecule is O=[N+]([O-])c1ccc(S(=O)(=O)n2ccnn2)cc1. The summed E-state index contributed by atoms with van der Waals surface area (Å²) >= 11 is 0. The number of non-ortho nitro benzene ring substituents is 1. The Morgan fingerprint density at radius 3 is 2.35 bits per heavy atom. The Kier molecular flexibility index (Phi) is 2.60. The summed E-state index contributed by atoms with van der Waals surface area (Å²) in [6.45, 7) is 0. The molecule has 1 heterocycles. The van der Waals surface area contributed by atoms with Crippen molar-refractivity contribution in [1.29, 1.82) is 0 Å². The predicted octanol–water partition coefficient (Wildman–Crippen LogP) is 0.423. The lowest BCUT2D eigenvalue weighted by atomic mass is 10.3. The fraction of sp³-hybridized carbons (Fsp3) is 0. The molecule has 0 aliphatic rings. The van der Waals surface area contributed by atoms with Crippen LogP contribution < -0.4 is 0 Å². The molecule has 0 saturated carbocycles. The molecule has 17 heavy (non-hydrogen) atoms. The van der Waals surface area contributed by atoms with Gasteiger partial charge in [0.2, 0.25) is 0 Å². The van der Waals surface area contributed by atoms with E-state index >= 15 is 0 Å². The molecule has 88 valence electrons. The fourth-order valence-electron chi connectivity index (χ4n) is 1.17. The molecular weight excluding hydrogens is 248 g/mol. The lowest BCUT2D eigenvalue weighted by molar-refractivity contribution is -0.384. The number of nitrogens with zero attached hydrogens (tertiary/aromatic N) is 4. The Bertz CT molecular complexity index is 633. The van der Waals surface area contributed by atoms with Crippen LogP contribution in [0.5, 0.6) is 0 Å². The van der Waals surface area contributed by atoms with Gasteiger partial charge in [0.1, 0.15) is 0 Å². The Hall–Kier alpha value is -2.29. The topological polar surface area (TPSA) is 108 Å². The molecule has 1 aromatic carbocycles. The largest absolute Gasteiger partial charge is 0.284 e. The summed E-state index contributed by atoms with van der Waals surface area (Å²) in [7, 11) is -3.82. The Balaban J connectivity index is 2.45. The van der Waals surface area contributed by atoms with Gasteiger partial charge in [-0.3, -0.25) is 10.1 Å². The minimum Gasteiger partial charge on any atom is -0.258 e. The van der Waals surface area contributed by atoms with Gasteiger partial charge in [0.05, 0.1) is 22.2 Å². The normalized spacial score (nSPS) is 11.3. The van der Waals surface area contributed by atoms with Crippen LogP contribution in [0.15, 0.2) is 41.6 Å². The van der Waals surface area contributed by atoms with E-state index in [0.717, 1.165) is 24.3 Å². The zero-order chi connectivity index (χ0) is 12.5. The van der Waals surface area contributed by atoms with Gasteiger partial charge in [-0.25, -0.2) is 0 Å². The molecule has 0 aliphatic heterocycles. The summed E-state index contributed by atoms with van der Waals surface area (Å²) in [5.74, 6) is 0. The van der Waals surface area contributed by atoms with Crippen molar-refractivity contribution >= 4 is 15.7 Å². The maximum absolute atomic E-state index is 11.9. The van der Waals surface area contributed by atoms with E-state index in [1.165, 1.54) is 12.4 Å². The molecule has 0 N–H and O–H groups in total. The van der Waals surface area contributed by atoms with Crippen molar-refractivity contribution in [1.82, 2.24) is 14.4 Å². The molecule has 2 rings (SSSR count). The molecular formula is C8H6N4O4S. The highest BCUT2D eigenvalue weighted by Gasteiger charge is 2.18. The molecule has 9 heteroatoms. The predicted molar refractivity (Wildman–Crippen MR) is 55.7 cm³/mol. The summed E-state index contributed by atoms with van der Waals surface area (Å²) in [6, 6.07) is 4.53. The van der Waals surface area contributed by atoms with Crippen LogP contribution in [0.4, 0.5) is 5.69 Å². The lowest BCUT2D eigenvalue weighted by Gasteiger charge is -2.02. The van der Waals surface area contributed by atoms with E-state index < -0.39 is 14.9 Å². The second kappa shape index (κ2) is 3.94. The Labute approximate surface area is 95.7 Å². The fourth-order valence-corrected chi connectivity index (χ4v) is 2.22. The van der Waals surface area contributed by atoms with Gasteiger partial charge in [0, 0.05) is 12.1 Å². The number of hydrogen-bond donors (Lipinski definition) is 0. The molecule has 2 aromatic rings. The number of aromatic nitrogens is 3. The summed E-state index contributed by atoms with van der Waals surface area (Å²) in [6.07, 6.45) is 2.40. The number of benzene rings is 1. The third kappa shape index (κ3) is 1.99. The summed E-state index contributed by atoms with van der Waals surface area (Å²) < 4.78 is 24.4. The van der Waals surface area contributed by atoms with Crippen LogP contribution in [0.25, 0.3) is 0 Å². The maximum atomic E-state index is 11.9. The number of nitro groups is 1. The second-order valence-corrected chi connectivity index (χ2v) is 4.83. The smallest absolute Gasteiger partial charge is 0.258 e. The van der Waals surface area contributed by atoms with Gasteiger partial charge in [-0.1, -0.05) is 5.21 Å².